The van der Waals surface area contributed by atoms with Gasteiger partial charge in [-0.3, -0.25) is 0 Å². The fourth-order valence-electron chi connectivity index (χ4n) is 2.04. The molecule has 0 saturated heterocycles. The highest BCUT2D eigenvalue weighted by Crippen LogP contribution is 2.30. The number of aromatic nitrogens is 2. The number of hydrogen-bond acceptors (Lipinski definition) is 5. The molecule has 0 aliphatic heterocycles. The van der Waals surface area contributed by atoms with E-state index in [1.54, 1.807) is 0 Å². The molecule has 1 heterocycles. The molecular formula is C12H17F3N4O. The van der Waals surface area contributed by atoms with Gasteiger partial charge in [-0.15, -0.1) is 0 Å². The molecule has 1 fully saturated rings. The second-order valence-corrected chi connectivity index (χ2v) is 4.60. The van der Waals surface area contributed by atoms with Crippen molar-refractivity contribution in [1.29, 1.82) is 0 Å². The lowest BCUT2D eigenvalue weighted by molar-refractivity contribution is -0.144. The summed E-state index contributed by atoms with van der Waals surface area (Å²) < 4.78 is 43.4. The minimum absolute atomic E-state index is 0.0900. The summed E-state index contributed by atoms with van der Waals surface area (Å²) in [6.45, 7) is 2.56. The van der Waals surface area contributed by atoms with E-state index in [9.17, 15) is 13.2 Å². The molecule has 1 aliphatic rings. The third-order valence-corrected chi connectivity index (χ3v) is 3.09. The number of hydrogen-bond donors (Lipinski definition) is 2. The van der Waals surface area contributed by atoms with Gasteiger partial charge in [-0.05, 0) is 19.8 Å². The molecule has 0 aromatic carbocycles. The summed E-state index contributed by atoms with van der Waals surface area (Å²) in [5.74, 6) is -0.834. The minimum atomic E-state index is -4.56. The maximum absolute atomic E-state index is 12.7. The molecule has 112 valence electrons. The summed E-state index contributed by atoms with van der Waals surface area (Å²) in [6, 6.07) is 1.55. The number of alkyl halides is 3. The fourth-order valence-corrected chi connectivity index (χ4v) is 2.04. The quantitative estimate of drug-likeness (QED) is 0.872. The Hall–Kier alpha value is -1.57. The number of ether oxygens (including phenoxy) is 1. The topological polar surface area (TPSA) is 59.1 Å². The van der Waals surface area contributed by atoms with Gasteiger partial charge < -0.3 is 15.4 Å². The predicted octanol–water partition coefficient (Wildman–Crippen LogP) is 2.52. The van der Waals surface area contributed by atoms with Crippen LogP contribution < -0.4 is 10.6 Å². The number of anilines is 2. The van der Waals surface area contributed by atoms with E-state index < -0.39 is 12.0 Å². The minimum Gasteiger partial charge on any atom is -0.378 e. The average Bonchev–Trinajstić information content (AvgIpc) is 2.35. The van der Waals surface area contributed by atoms with Crippen LogP contribution in [0.1, 0.15) is 25.6 Å². The molecule has 20 heavy (non-hydrogen) atoms. The standard InChI is InChI=1S/C12H17F3N4O/c1-3-20-8-4-7(5-8)17-10-6-9(16-2)18-11(19-10)12(13,14)15/h6-8H,3-5H2,1-2H3,(H2,16,17,18,19). The molecule has 2 N–H and O–H groups in total. The van der Waals surface area contributed by atoms with E-state index in [2.05, 4.69) is 20.6 Å². The number of rotatable bonds is 5. The second kappa shape index (κ2) is 5.82. The van der Waals surface area contributed by atoms with Crippen LogP contribution in [0.3, 0.4) is 0 Å². The van der Waals surface area contributed by atoms with Gasteiger partial charge in [0.25, 0.3) is 0 Å². The SMILES string of the molecule is CCOC1CC(Nc2cc(NC)nc(C(F)(F)F)n2)C1. The van der Waals surface area contributed by atoms with Gasteiger partial charge >= 0.3 is 6.18 Å². The average molecular weight is 290 g/mol. The summed E-state index contributed by atoms with van der Waals surface area (Å²) in [7, 11) is 1.51. The first-order chi connectivity index (χ1) is 9.42. The van der Waals surface area contributed by atoms with Crippen LogP contribution in [0.25, 0.3) is 0 Å². The number of nitrogens with zero attached hydrogens (tertiary/aromatic N) is 2. The summed E-state index contributed by atoms with van der Waals surface area (Å²) in [5, 5.41) is 5.59. The monoisotopic (exact) mass is 290 g/mol. The Labute approximate surface area is 114 Å². The van der Waals surface area contributed by atoms with E-state index in [0.717, 1.165) is 12.8 Å². The van der Waals surface area contributed by atoms with Crippen molar-refractivity contribution in [2.45, 2.75) is 38.1 Å². The summed E-state index contributed by atoms with van der Waals surface area (Å²) in [4.78, 5) is 6.92. The second-order valence-electron chi connectivity index (χ2n) is 4.60. The van der Waals surface area contributed by atoms with Crippen LogP contribution in [0, 0.1) is 0 Å². The lowest BCUT2D eigenvalue weighted by Crippen LogP contribution is -2.41. The van der Waals surface area contributed by atoms with Gasteiger partial charge in [-0.2, -0.15) is 13.2 Å². The van der Waals surface area contributed by atoms with Crippen LogP contribution in [0.2, 0.25) is 0 Å². The Kier molecular flexibility index (Phi) is 4.32. The van der Waals surface area contributed by atoms with Gasteiger partial charge in [0.05, 0.1) is 6.10 Å². The molecule has 8 heteroatoms. The molecule has 1 saturated carbocycles. The maximum atomic E-state index is 12.7. The van der Waals surface area contributed by atoms with E-state index in [1.165, 1.54) is 13.1 Å². The van der Waals surface area contributed by atoms with Crippen molar-refractivity contribution in [2.75, 3.05) is 24.3 Å². The molecule has 2 rings (SSSR count). The molecule has 1 aliphatic carbocycles. The van der Waals surface area contributed by atoms with Crippen LogP contribution in [0.5, 0.6) is 0 Å². The Morgan fingerprint density at radius 2 is 1.95 bits per heavy atom. The van der Waals surface area contributed by atoms with E-state index in [4.69, 9.17) is 4.74 Å². The van der Waals surface area contributed by atoms with Gasteiger partial charge in [-0.25, -0.2) is 9.97 Å². The molecule has 0 bridgehead atoms. The van der Waals surface area contributed by atoms with E-state index in [0.29, 0.717) is 6.61 Å². The Balaban J connectivity index is 2.05. The fraction of sp³-hybridized carbons (Fsp3) is 0.667. The molecule has 5 nitrogen and oxygen atoms in total. The van der Waals surface area contributed by atoms with Crippen LogP contribution in [-0.4, -0.2) is 35.8 Å². The van der Waals surface area contributed by atoms with Crippen molar-refractivity contribution in [3.05, 3.63) is 11.9 Å². The largest absolute Gasteiger partial charge is 0.451 e. The summed E-state index contributed by atoms with van der Waals surface area (Å²) in [5.41, 5.74) is 0. The summed E-state index contributed by atoms with van der Waals surface area (Å²) in [6.07, 6.45) is -2.83. The highest BCUT2D eigenvalue weighted by atomic mass is 19.4. The third kappa shape index (κ3) is 3.50. The zero-order valence-electron chi connectivity index (χ0n) is 11.3. The predicted molar refractivity (Wildman–Crippen MR) is 68.6 cm³/mol. The van der Waals surface area contributed by atoms with Gasteiger partial charge in [0.1, 0.15) is 11.6 Å². The molecule has 0 radical (unpaired) electrons. The highest BCUT2D eigenvalue weighted by molar-refractivity contribution is 5.48. The number of halogens is 3. The lowest BCUT2D eigenvalue weighted by atomic mass is 9.89. The maximum Gasteiger partial charge on any atom is 0.451 e. The van der Waals surface area contributed by atoms with E-state index >= 15 is 0 Å². The molecule has 0 amide bonds. The smallest absolute Gasteiger partial charge is 0.378 e. The van der Waals surface area contributed by atoms with Crippen molar-refractivity contribution >= 4 is 11.6 Å². The van der Waals surface area contributed by atoms with Crippen LogP contribution in [0.4, 0.5) is 24.8 Å². The van der Waals surface area contributed by atoms with Gasteiger partial charge in [0.2, 0.25) is 5.82 Å². The zero-order chi connectivity index (χ0) is 14.8. The highest BCUT2D eigenvalue weighted by Gasteiger charge is 2.36. The first kappa shape index (κ1) is 14.8. The van der Waals surface area contributed by atoms with Gasteiger partial charge in [0, 0.05) is 25.8 Å². The van der Waals surface area contributed by atoms with Gasteiger partial charge in [-0.1, -0.05) is 0 Å². The Bertz CT molecular complexity index is 461. The van der Waals surface area contributed by atoms with Crippen molar-refractivity contribution in [3.63, 3.8) is 0 Å². The summed E-state index contributed by atoms with van der Waals surface area (Å²) >= 11 is 0. The normalized spacial score (nSPS) is 22.2. The zero-order valence-corrected chi connectivity index (χ0v) is 11.3. The first-order valence-corrected chi connectivity index (χ1v) is 6.44. The van der Waals surface area contributed by atoms with Crippen molar-refractivity contribution in [3.8, 4) is 0 Å². The number of nitrogens with one attached hydrogen (secondary N) is 2. The van der Waals surface area contributed by atoms with Gasteiger partial charge in [0.15, 0.2) is 0 Å². The molecule has 0 atom stereocenters. The molecule has 0 unspecified atom stereocenters. The lowest BCUT2D eigenvalue weighted by Gasteiger charge is -2.35. The molecule has 0 spiro atoms. The van der Waals surface area contributed by atoms with Crippen molar-refractivity contribution < 1.29 is 17.9 Å². The Morgan fingerprint density at radius 1 is 1.30 bits per heavy atom. The Morgan fingerprint density at radius 3 is 2.50 bits per heavy atom. The van der Waals surface area contributed by atoms with Crippen molar-refractivity contribution in [2.24, 2.45) is 0 Å². The first-order valence-electron chi connectivity index (χ1n) is 6.44. The van der Waals surface area contributed by atoms with Crippen molar-refractivity contribution in [1.82, 2.24) is 9.97 Å². The van der Waals surface area contributed by atoms with Crippen LogP contribution >= 0.6 is 0 Å². The van der Waals surface area contributed by atoms with E-state index in [1.807, 2.05) is 6.92 Å². The van der Waals surface area contributed by atoms with Crippen LogP contribution in [0.15, 0.2) is 6.07 Å². The molecule has 1 aromatic rings. The molecular weight excluding hydrogens is 273 g/mol. The van der Waals surface area contributed by atoms with Crippen LogP contribution in [-0.2, 0) is 10.9 Å². The van der Waals surface area contributed by atoms with E-state index in [-0.39, 0.29) is 23.8 Å². The third-order valence-electron chi connectivity index (χ3n) is 3.09. The molecule has 1 aromatic heterocycles.